The van der Waals surface area contributed by atoms with E-state index in [1.807, 2.05) is 11.8 Å². The fraction of sp³-hybridized carbons (Fsp3) is 0.500. The third-order valence-corrected chi connectivity index (χ3v) is 4.69. The first-order chi connectivity index (χ1) is 9.35. The molecule has 1 aliphatic rings. The number of carbonyl (C=O) groups excluding carboxylic acids is 1. The van der Waals surface area contributed by atoms with Gasteiger partial charge in [0.25, 0.3) is 0 Å². The second kappa shape index (κ2) is 6.24. The second-order valence-corrected chi connectivity index (χ2v) is 7.84. The molecule has 6 heteroatoms. The molecular weight excluding hydrogens is 294 g/mol. The van der Waals surface area contributed by atoms with Gasteiger partial charge in [0.1, 0.15) is 0 Å². The SMILES string of the molecule is CC1(C)CN(CC(=O)Nc2ccc(Cl)cc2N)CCS1. The van der Waals surface area contributed by atoms with Crippen LogP contribution in [-0.2, 0) is 4.79 Å². The summed E-state index contributed by atoms with van der Waals surface area (Å²) in [5.41, 5.74) is 6.93. The van der Waals surface area contributed by atoms with Crippen LogP contribution in [0.25, 0.3) is 0 Å². The molecule has 0 radical (unpaired) electrons. The second-order valence-electron chi connectivity index (χ2n) is 5.60. The highest BCUT2D eigenvalue weighted by molar-refractivity contribution is 8.00. The van der Waals surface area contributed by atoms with E-state index in [1.54, 1.807) is 18.2 Å². The zero-order valence-electron chi connectivity index (χ0n) is 11.8. The van der Waals surface area contributed by atoms with E-state index in [9.17, 15) is 4.79 Å². The molecule has 0 saturated carbocycles. The molecule has 110 valence electrons. The summed E-state index contributed by atoms with van der Waals surface area (Å²) in [6, 6.07) is 5.08. The number of hydrogen-bond donors (Lipinski definition) is 2. The summed E-state index contributed by atoms with van der Waals surface area (Å²) >= 11 is 7.79. The largest absolute Gasteiger partial charge is 0.397 e. The van der Waals surface area contributed by atoms with Crippen molar-refractivity contribution in [2.24, 2.45) is 0 Å². The molecule has 0 aromatic heterocycles. The van der Waals surface area contributed by atoms with E-state index >= 15 is 0 Å². The molecule has 1 fully saturated rings. The number of halogens is 1. The minimum Gasteiger partial charge on any atom is -0.397 e. The normalized spacial score (nSPS) is 18.8. The Hall–Kier alpha value is -0.910. The standard InChI is InChI=1S/C14H20ClN3OS/c1-14(2)9-18(5-6-20-14)8-13(19)17-12-4-3-10(15)7-11(12)16/h3-4,7H,5-6,8-9,16H2,1-2H3,(H,17,19). The Labute approximate surface area is 129 Å². The maximum atomic E-state index is 12.1. The molecule has 1 aromatic rings. The van der Waals surface area contributed by atoms with E-state index in [4.69, 9.17) is 17.3 Å². The van der Waals surface area contributed by atoms with Crippen molar-refractivity contribution in [3.63, 3.8) is 0 Å². The Balaban J connectivity index is 1.92. The van der Waals surface area contributed by atoms with E-state index in [1.165, 1.54) is 0 Å². The van der Waals surface area contributed by atoms with Gasteiger partial charge in [-0.25, -0.2) is 0 Å². The predicted molar refractivity (Wildman–Crippen MR) is 87.5 cm³/mol. The van der Waals surface area contributed by atoms with Crippen molar-refractivity contribution in [3.8, 4) is 0 Å². The lowest BCUT2D eigenvalue weighted by atomic mass is 10.2. The Morgan fingerprint density at radius 1 is 1.55 bits per heavy atom. The van der Waals surface area contributed by atoms with Gasteiger partial charge in [-0.3, -0.25) is 9.69 Å². The summed E-state index contributed by atoms with van der Waals surface area (Å²) in [5, 5.41) is 3.41. The molecule has 0 unspecified atom stereocenters. The van der Waals surface area contributed by atoms with Crippen LogP contribution in [0.3, 0.4) is 0 Å². The summed E-state index contributed by atoms with van der Waals surface area (Å²) in [5.74, 6) is 1.02. The Bertz CT molecular complexity index is 507. The number of nitrogens with zero attached hydrogens (tertiary/aromatic N) is 1. The van der Waals surface area contributed by atoms with Gasteiger partial charge < -0.3 is 11.1 Å². The number of anilines is 2. The highest BCUT2D eigenvalue weighted by Gasteiger charge is 2.27. The number of nitrogen functional groups attached to an aromatic ring is 1. The zero-order chi connectivity index (χ0) is 14.8. The van der Waals surface area contributed by atoms with E-state index in [0.717, 1.165) is 18.8 Å². The number of nitrogens with two attached hydrogens (primary N) is 1. The molecule has 20 heavy (non-hydrogen) atoms. The van der Waals surface area contributed by atoms with Gasteiger partial charge in [0.2, 0.25) is 5.91 Å². The minimum atomic E-state index is -0.0401. The van der Waals surface area contributed by atoms with Crippen LogP contribution in [0.4, 0.5) is 11.4 Å². The van der Waals surface area contributed by atoms with Gasteiger partial charge in [0.15, 0.2) is 0 Å². The van der Waals surface area contributed by atoms with Gasteiger partial charge >= 0.3 is 0 Å². The third-order valence-electron chi connectivity index (χ3n) is 3.16. The summed E-state index contributed by atoms with van der Waals surface area (Å²) in [4.78, 5) is 14.3. The molecule has 1 saturated heterocycles. The van der Waals surface area contributed by atoms with Crippen molar-refractivity contribution >= 4 is 40.6 Å². The van der Waals surface area contributed by atoms with E-state index < -0.39 is 0 Å². The molecule has 3 N–H and O–H groups in total. The fourth-order valence-electron chi connectivity index (χ4n) is 2.29. The van der Waals surface area contributed by atoms with Crippen LogP contribution >= 0.6 is 23.4 Å². The number of hydrogen-bond acceptors (Lipinski definition) is 4. The maximum Gasteiger partial charge on any atom is 0.238 e. The van der Waals surface area contributed by atoms with Crippen LogP contribution in [0, 0.1) is 0 Å². The summed E-state index contributed by atoms with van der Waals surface area (Å²) < 4.78 is 0.206. The lowest BCUT2D eigenvalue weighted by molar-refractivity contribution is -0.117. The first kappa shape index (κ1) is 15.5. The number of rotatable bonds is 3. The van der Waals surface area contributed by atoms with Gasteiger partial charge in [-0.15, -0.1) is 0 Å². The number of thioether (sulfide) groups is 1. The fourth-order valence-corrected chi connectivity index (χ4v) is 3.65. The lowest BCUT2D eigenvalue weighted by Gasteiger charge is -2.37. The molecule has 0 spiro atoms. The Morgan fingerprint density at radius 2 is 2.30 bits per heavy atom. The predicted octanol–water partition coefficient (Wildman–Crippen LogP) is 2.69. The Kier molecular flexibility index (Phi) is 4.83. The van der Waals surface area contributed by atoms with Crippen LogP contribution in [0.15, 0.2) is 18.2 Å². The molecule has 0 bridgehead atoms. The molecule has 1 amide bonds. The van der Waals surface area contributed by atoms with Crippen molar-refractivity contribution < 1.29 is 4.79 Å². The first-order valence-corrected chi connectivity index (χ1v) is 7.93. The molecule has 1 aromatic carbocycles. The Morgan fingerprint density at radius 3 is 2.95 bits per heavy atom. The zero-order valence-corrected chi connectivity index (χ0v) is 13.4. The van der Waals surface area contributed by atoms with Gasteiger partial charge in [-0.2, -0.15) is 11.8 Å². The first-order valence-electron chi connectivity index (χ1n) is 6.57. The number of amides is 1. The molecule has 0 aliphatic carbocycles. The van der Waals surface area contributed by atoms with Crippen LogP contribution < -0.4 is 11.1 Å². The van der Waals surface area contributed by atoms with Gasteiger partial charge in [0.05, 0.1) is 17.9 Å². The van der Waals surface area contributed by atoms with E-state index in [-0.39, 0.29) is 10.7 Å². The number of nitrogens with one attached hydrogen (secondary N) is 1. The quantitative estimate of drug-likeness (QED) is 0.842. The summed E-state index contributed by atoms with van der Waals surface area (Å²) in [6.07, 6.45) is 0. The van der Waals surface area contributed by atoms with Crippen molar-refractivity contribution in [3.05, 3.63) is 23.2 Å². The highest BCUT2D eigenvalue weighted by atomic mass is 35.5. The van der Waals surface area contributed by atoms with Crippen LogP contribution in [0.2, 0.25) is 5.02 Å². The molecule has 1 heterocycles. The highest BCUT2D eigenvalue weighted by Crippen LogP contribution is 2.29. The van der Waals surface area contributed by atoms with Crippen molar-refractivity contribution in [1.82, 2.24) is 4.90 Å². The number of carbonyl (C=O) groups is 1. The molecule has 1 aliphatic heterocycles. The average Bonchev–Trinajstić information content (AvgIpc) is 2.31. The van der Waals surface area contributed by atoms with Gasteiger partial charge in [-0.1, -0.05) is 11.6 Å². The third kappa shape index (κ3) is 4.30. The van der Waals surface area contributed by atoms with Crippen molar-refractivity contribution in [1.29, 1.82) is 0 Å². The maximum absolute atomic E-state index is 12.1. The van der Waals surface area contributed by atoms with Crippen molar-refractivity contribution in [2.45, 2.75) is 18.6 Å². The van der Waals surface area contributed by atoms with Crippen LogP contribution in [-0.4, -0.2) is 40.9 Å². The minimum absolute atomic E-state index is 0.0401. The monoisotopic (exact) mass is 313 g/mol. The van der Waals surface area contributed by atoms with E-state index in [2.05, 4.69) is 24.1 Å². The van der Waals surface area contributed by atoms with Crippen molar-refractivity contribution in [2.75, 3.05) is 36.4 Å². The van der Waals surface area contributed by atoms with Crippen LogP contribution in [0.5, 0.6) is 0 Å². The lowest BCUT2D eigenvalue weighted by Crippen LogP contribution is -2.46. The topological polar surface area (TPSA) is 58.4 Å². The summed E-state index contributed by atoms with van der Waals surface area (Å²) in [6.45, 7) is 6.67. The average molecular weight is 314 g/mol. The summed E-state index contributed by atoms with van der Waals surface area (Å²) in [7, 11) is 0. The molecule has 4 nitrogen and oxygen atoms in total. The van der Waals surface area contributed by atoms with E-state index in [0.29, 0.717) is 22.9 Å². The molecule has 2 rings (SSSR count). The molecular formula is C14H20ClN3OS. The molecule has 0 atom stereocenters. The smallest absolute Gasteiger partial charge is 0.238 e. The number of benzene rings is 1. The van der Waals surface area contributed by atoms with Gasteiger partial charge in [-0.05, 0) is 32.0 Å². The van der Waals surface area contributed by atoms with Gasteiger partial charge in [0, 0.05) is 28.6 Å². The van der Waals surface area contributed by atoms with Crippen LogP contribution in [0.1, 0.15) is 13.8 Å².